The van der Waals surface area contributed by atoms with Crippen LogP contribution in [0, 0.1) is 11.5 Å². The maximum Gasteiger partial charge on any atom is 0.205 e. The summed E-state index contributed by atoms with van der Waals surface area (Å²) >= 11 is 0. The molecule has 0 aromatic carbocycles. The molecule has 0 N–H and O–H groups in total. The van der Waals surface area contributed by atoms with E-state index in [1.54, 1.807) is 0 Å². The summed E-state index contributed by atoms with van der Waals surface area (Å²) in [5.41, 5.74) is 0. The minimum Gasteiger partial charge on any atom is -0.261 e. The lowest BCUT2D eigenvalue weighted by atomic mass is 9.91. The molecule has 2 heterocycles. The fourth-order valence-corrected chi connectivity index (χ4v) is 1.74. The second-order valence-electron chi connectivity index (χ2n) is 2.96. The Hall–Kier alpha value is -0.750. The number of nitriles is 1. The summed E-state index contributed by atoms with van der Waals surface area (Å²) < 4.78 is 0. The van der Waals surface area contributed by atoms with Gasteiger partial charge in [0.1, 0.15) is 0 Å². The van der Waals surface area contributed by atoms with E-state index in [4.69, 9.17) is 10.1 Å². The van der Waals surface area contributed by atoms with Crippen molar-refractivity contribution in [1.82, 2.24) is 5.06 Å². The lowest BCUT2D eigenvalue weighted by Crippen LogP contribution is -2.45. The molecule has 2 bridgehead atoms. The largest absolute Gasteiger partial charge is 0.261 e. The van der Waals surface area contributed by atoms with Crippen LogP contribution in [0.5, 0.6) is 0 Å². The number of rotatable bonds is 0. The van der Waals surface area contributed by atoms with Crippen LogP contribution < -0.4 is 0 Å². The monoisotopic (exact) mass is 138 g/mol. The molecule has 3 rings (SSSR count). The first-order chi connectivity index (χ1) is 4.90. The zero-order valence-electron chi connectivity index (χ0n) is 5.79. The molecule has 0 radical (unpaired) electrons. The van der Waals surface area contributed by atoms with Crippen molar-refractivity contribution in [3.63, 3.8) is 0 Å². The van der Waals surface area contributed by atoms with Crippen LogP contribution in [0.1, 0.15) is 25.7 Å². The van der Waals surface area contributed by atoms with Crippen molar-refractivity contribution in [3.8, 4) is 6.19 Å². The molecule has 0 aromatic rings. The standard InChI is InChI=1S/C7H10N2O/c8-5-9-6-1-3-7(10-9)4-2-6/h6-7H,1-4H2. The zero-order chi connectivity index (χ0) is 6.97. The summed E-state index contributed by atoms with van der Waals surface area (Å²) in [4.78, 5) is 5.31. The predicted molar refractivity (Wildman–Crippen MR) is 34.6 cm³/mol. The van der Waals surface area contributed by atoms with E-state index in [1.807, 2.05) is 6.19 Å². The Balaban J connectivity index is 2.09. The van der Waals surface area contributed by atoms with Gasteiger partial charge in [0.15, 0.2) is 0 Å². The van der Waals surface area contributed by atoms with Gasteiger partial charge in [0.2, 0.25) is 6.19 Å². The van der Waals surface area contributed by atoms with Gasteiger partial charge in [-0.25, -0.2) is 0 Å². The molecular formula is C7H10N2O. The Bertz CT molecular complexity index is 167. The smallest absolute Gasteiger partial charge is 0.205 e. The second-order valence-corrected chi connectivity index (χ2v) is 2.96. The lowest BCUT2D eigenvalue weighted by Gasteiger charge is -2.40. The van der Waals surface area contributed by atoms with Gasteiger partial charge in [-0.2, -0.15) is 10.3 Å². The van der Waals surface area contributed by atoms with Crippen molar-refractivity contribution in [1.29, 1.82) is 5.26 Å². The first-order valence-electron chi connectivity index (χ1n) is 3.76. The highest BCUT2D eigenvalue weighted by atomic mass is 16.7. The van der Waals surface area contributed by atoms with Crippen LogP contribution in [0.3, 0.4) is 0 Å². The average Bonchev–Trinajstić information content (AvgIpc) is 2.06. The SMILES string of the molecule is N#CN1OC2CCC1CC2. The molecule has 0 spiro atoms. The maximum atomic E-state index is 8.56. The quantitative estimate of drug-likeness (QED) is 0.469. The Morgan fingerprint density at radius 1 is 1.30 bits per heavy atom. The molecular weight excluding hydrogens is 128 g/mol. The van der Waals surface area contributed by atoms with Gasteiger partial charge >= 0.3 is 0 Å². The van der Waals surface area contributed by atoms with E-state index < -0.39 is 0 Å². The normalized spacial score (nSPS) is 37.7. The highest BCUT2D eigenvalue weighted by molar-refractivity contribution is 4.86. The maximum absolute atomic E-state index is 8.56. The van der Waals surface area contributed by atoms with Gasteiger partial charge in [-0.1, -0.05) is 0 Å². The van der Waals surface area contributed by atoms with E-state index in [1.165, 1.54) is 5.06 Å². The summed E-state index contributed by atoms with van der Waals surface area (Å²) in [6.07, 6.45) is 6.94. The van der Waals surface area contributed by atoms with Crippen LogP contribution in [-0.4, -0.2) is 17.2 Å². The van der Waals surface area contributed by atoms with Crippen molar-refractivity contribution in [2.75, 3.05) is 0 Å². The molecule has 3 fully saturated rings. The van der Waals surface area contributed by atoms with Crippen LogP contribution in [-0.2, 0) is 4.84 Å². The van der Waals surface area contributed by atoms with Gasteiger partial charge < -0.3 is 0 Å². The average molecular weight is 138 g/mol. The third kappa shape index (κ3) is 0.764. The summed E-state index contributed by atoms with van der Waals surface area (Å²) in [5, 5.41) is 10.0. The number of nitrogens with zero attached hydrogens (tertiary/aromatic N) is 2. The van der Waals surface area contributed by atoms with E-state index >= 15 is 0 Å². The van der Waals surface area contributed by atoms with Gasteiger partial charge in [0.25, 0.3) is 0 Å². The van der Waals surface area contributed by atoms with E-state index in [-0.39, 0.29) is 0 Å². The van der Waals surface area contributed by atoms with Crippen molar-refractivity contribution in [3.05, 3.63) is 0 Å². The first kappa shape index (κ1) is 5.99. The third-order valence-corrected chi connectivity index (χ3v) is 2.34. The molecule has 2 saturated heterocycles. The van der Waals surface area contributed by atoms with Crippen molar-refractivity contribution < 1.29 is 4.84 Å². The van der Waals surface area contributed by atoms with Crippen molar-refractivity contribution >= 4 is 0 Å². The number of hydrogen-bond donors (Lipinski definition) is 0. The first-order valence-corrected chi connectivity index (χ1v) is 3.76. The van der Waals surface area contributed by atoms with E-state index in [2.05, 4.69) is 0 Å². The fraction of sp³-hybridized carbons (Fsp3) is 0.857. The third-order valence-electron chi connectivity index (χ3n) is 2.34. The number of hydrogen-bond acceptors (Lipinski definition) is 3. The summed E-state index contributed by atoms with van der Waals surface area (Å²) in [5.74, 6) is 0. The van der Waals surface area contributed by atoms with Gasteiger partial charge in [-0.05, 0) is 25.7 Å². The Morgan fingerprint density at radius 2 is 2.00 bits per heavy atom. The van der Waals surface area contributed by atoms with E-state index in [0.29, 0.717) is 12.1 Å². The van der Waals surface area contributed by atoms with Crippen LogP contribution in [0.4, 0.5) is 0 Å². The van der Waals surface area contributed by atoms with Crippen molar-refractivity contribution in [2.45, 2.75) is 37.8 Å². The zero-order valence-corrected chi connectivity index (χ0v) is 5.79. The molecule has 0 aromatic heterocycles. The molecule has 3 nitrogen and oxygen atoms in total. The Kier molecular flexibility index (Phi) is 1.28. The minimum absolute atomic E-state index is 0.338. The minimum atomic E-state index is 0.338. The Labute approximate surface area is 60.1 Å². The highest BCUT2D eigenvalue weighted by Crippen LogP contribution is 2.31. The fourth-order valence-electron chi connectivity index (χ4n) is 1.74. The van der Waals surface area contributed by atoms with Gasteiger partial charge in [0.05, 0.1) is 12.1 Å². The molecule has 0 unspecified atom stereocenters. The molecule has 1 saturated carbocycles. The number of hydroxylamine groups is 2. The lowest BCUT2D eigenvalue weighted by molar-refractivity contribution is -0.240. The summed E-state index contributed by atoms with van der Waals surface area (Å²) in [6, 6.07) is 0.384. The van der Waals surface area contributed by atoms with Crippen LogP contribution in [0.15, 0.2) is 0 Å². The van der Waals surface area contributed by atoms with E-state index in [0.717, 1.165) is 25.7 Å². The van der Waals surface area contributed by atoms with Crippen LogP contribution in [0.2, 0.25) is 0 Å². The summed E-state index contributed by atoms with van der Waals surface area (Å²) in [6.45, 7) is 0. The van der Waals surface area contributed by atoms with Crippen molar-refractivity contribution in [2.24, 2.45) is 0 Å². The molecule has 3 aliphatic rings. The van der Waals surface area contributed by atoms with Crippen LogP contribution in [0.25, 0.3) is 0 Å². The van der Waals surface area contributed by atoms with Gasteiger partial charge in [-0.15, -0.1) is 0 Å². The van der Waals surface area contributed by atoms with Crippen LogP contribution >= 0.6 is 0 Å². The molecule has 3 heteroatoms. The molecule has 54 valence electrons. The molecule has 1 aliphatic carbocycles. The number of fused-ring (bicyclic) bond motifs is 3. The Morgan fingerprint density at radius 3 is 2.30 bits per heavy atom. The molecule has 0 amide bonds. The molecule has 0 atom stereocenters. The molecule has 10 heavy (non-hydrogen) atoms. The predicted octanol–water partition coefficient (Wildman–Crippen LogP) is 1.03. The second kappa shape index (κ2) is 2.14. The van der Waals surface area contributed by atoms with E-state index in [9.17, 15) is 0 Å². The highest BCUT2D eigenvalue weighted by Gasteiger charge is 2.34. The van der Waals surface area contributed by atoms with Gasteiger partial charge in [-0.3, -0.25) is 4.84 Å². The summed E-state index contributed by atoms with van der Waals surface area (Å²) in [7, 11) is 0. The molecule has 2 aliphatic heterocycles. The topological polar surface area (TPSA) is 36.3 Å². The van der Waals surface area contributed by atoms with Gasteiger partial charge in [0, 0.05) is 0 Å².